The van der Waals surface area contributed by atoms with Gasteiger partial charge in [0.05, 0.1) is 0 Å². The standard InChI is InChI=1S/C13H21FN2/c1-4-7-16(10(2)3)12-6-5-11(9-15)13(14)8-12/h5-6,8,10H,4,7,9,15H2,1-3H3. The van der Waals surface area contributed by atoms with Gasteiger partial charge in [-0.2, -0.15) is 0 Å². The Morgan fingerprint density at radius 3 is 2.50 bits per heavy atom. The van der Waals surface area contributed by atoms with Crippen LogP contribution in [0.5, 0.6) is 0 Å². The molecule has 3 heteroatoms. The Morgan fingerprint density at radius 2 is 2.06 bits per heavy atom. The Balaban J connectivity index is 2.97. The summed E-state index contributed by atoms with van der Waals surface area (Å²) in [7, 11) is 0. The maximum atomic E-state index is 13.6. The number of halogens is 1. The first-order chi connectivity index (χ1) is 7.60. The second-order valence-electron chi connectivity index (χ2n) is 4.27. The first-order valence-corrected chi connectivity index (χ1v) is 5.85. The number of benzene rings is 1. The van der Waals surface area contributed by atoms with Crippen LogP contribution in [0.25, 0.3) is 0 Å². The zero-order chi connectivity index (χ0) is 12.1. The van der Waals surface area contributed by atoms with Gasteiger partial charge >= 0.3 is 0 Å². The second-order valence-corrected chi connectivity index (χ2v) is 4.27. The van der Waals surface area contributed by atoms with Crippen LogP contribution in [-0.2, 0) is 6.54 Å². The van der Waals surface area contributed by atoms with E-state index in [1.54, 1.807) is 12.1 Å². The molecule has 1 aromatic rings. The molecule has 0 radical (unpaired) electrons. The lowest BCUT2D eigenvalue weighted by Crippen LogP contribution is -2.31. The molecule has 16 heavy (non-hydrogen) atoms. The summed E-state index contributed by atoms with van der Waals surface area (Å²) in [6.45, 7) is 7.55. The normalized spacial score (nSPS) is 10.9. The minimum Gasteiger partial charge on any atom is -0.369 e. The molecule has 0 aromatic heterocycles. The van der Waals surface area contributed by atoms with Crippen LogP contribution in [0.3, 0.4) is 0 Å². The van der Waals surface area contributed by atoms with Gasteiger partial charge in [0.1, 0.15) is 5.82 Å². The van der Waals surface area contributed by atoms with E-state index in [0.717, 1.165) is 18.7 Å². The fraction of sp³-hybridized carbons (Fsp3) is 0.538. The van der Waals surface area contributed by atoms with Crippen LogP contribution >= 0.6 is 0 Å². The van der Waals surface area contributed by atoms with Gasteiger partial charge in [-0.1, -0.05) is 13.0 Å². The molecular formula is C13H21FN2. The number of hydrogen-bond donors (Lipinski definition) is 1. The molecule has 0 heterocycles. The van der Waals surface area contributed by atoms with E-state index in [0.29, 0.717) is 11.6 Å². The lowest BCUT2D eigenvalue weighted by atomic mass is 10.1. The molecule has 0 aliphatic heterocycles. The van der Waals surface area contributed by atoms with Gasteiger partial charge < -0.3 is 10.6 Å². The molecule has 0 saturated carbocycles. The lowest BCUT2D eigenvalue weighted by Gasteiger charge is -2.28. The van der Waals surface area contributed by atoms with E-state index in [1.807, 2.05) is 6.07 Å². The highest BCUT2D eigenvalue weighted by Crippen LogP contribution is 2.20. The van der Waals surface area contributed by atoms with Gasteiger partial charge in [-0.3, -0.25) is 0 Å². The van der Waals surface area contributed by atoms with Gasteiger partial charge in [0, 0.05) is 30.4 Å². The van der Waals surface area contributed by atoms with E-state index < -0.39 is 0 Å². The Kier molecular flexibility index (Phi) is 4.74. The van der Waals surface area contributed by atoms with Crippen molar-refractivity contribution in [3.05, 3.63) is 29.6 Å². The van der Waals surface area contributed by atoms with Gasteiger partial charge in [-0.15, -0.1) is 0 Å². The molecule has 0 saturated heterocycles. The molecule has 2 N–H and O–H groups in total. The molecule has 0 unspecified atom stereocenters. The van der Waals surface area contributed by atoms with E-state index in [4.69, 9.17) is 5.73 Å². The van der Waals surface area contributed by atoms with Crippen LogP contribution in [0.4, 0.5) is 10.1 Å². The highest BCUT2D eigenvalue weighted by atomic mass is 19.1. The van der Waals surface area contributed by atoms with E-state index in [2.05, 4.69) is 25.7 Å². The van der Waals surface area contributed by atoms with Crippen molar-refractivity contribution in [1.82, 2.24) is 0 Å². The zero-order valence-electron chi connectivity index (χ0n) is 10.3. The van der Waals surface area contributed by atoms with Crippen molar-refractivity contribution in [2.24, 2.45) is 5.73 Å². The van der Waals surface area contributed by atoms with E-state index >= 15 is 0 Å². The summed E-state index contributed by atoms with van der Waals surface area (Å²) in [4.78, 5) is 2.20. The van der Waals surface area contributed by atoms with Gasteiger partial charge in [0.15, 0.2) is 0 Å². The Labute approximate surface area is 97.3 Å². The Morgan fingerprint density at radius 1 is 1.38 bits per heavy atom. The van der Waals surface area contributed by atoms with Crippen LogP contribution in [0.2, 0.25) is 0 Å². The average Bonchev–Trinajstić information content (AvgIpc) is 2.25. The minimum atomic E-state index is -0.207. The first-order valence-electron chi connectivity index (χ1n) is 5.85. The maximum absolute atomic E-state index is 13.6. The molecular weight excluding hydrogens is 203 g/mol. The third-order valence-corrected chi connectivity index (χ3v) is 2.68. The molecule has 0 atom stereocenters. The largest absolute Gasteiger partial charge is 0.369 e. The molecule has 90 valence electrons. The number of hydrogen-bond acceptors (Lipinski definition) is 2. The third-order valence-electron chi connectivity index (χ3n) is 2.68. The number of nitrogens with two attached hydrogens (primary N) is 1. The van der Waals surface area contributed by atoms with Crippen molar-refractivity contribution in [2.75, 3.05) is 11.4 Å². The second kappa shape index (κ2) is 5.85. The monoisotopic (exact) mass is 224 g/mol. The predicted octanol–water partition coefficient (Wildman–Crippen LogP) is 2.91. The highest BCUT2D eigenvalue weighted by molar-refractivity contribution is 5.49. The molecule has 0 aliphatic rings. The summed E-state index contributed by atoms with van der Waals surface area (Å²) in [6.07, 6.45) is 1.05. The van der Waals surface area contributed by atoms with Crippen LogP contribution in [-0.4, -0.2) is 12.6 Å². The Bertz CT molecular complexity index is 337. The topological polar surface area (TPSA) is 29.3 Å². The van der Waals surface area contributed by atoms with Crippen LogP contribution in [0, 0.1) is 5.82 Å². The van der Waals surface area contributed by atoms with Crippen LogP contribution in [0.1, 0.15) is 32.8 Å². The molecule has 0 fully saturated rings. The highest BCUT2D eigenvalue weighted by Gasteiger charge is 2.11. The van der Waals surface area contributed by atoms with Crippen molar-refractivity contribution in [3.63, 3.8) is 0 Å². The SMILES string of the molecule is CCCN(c1ccc(CN)c(F)c1)C(C)C. The molecule has 0 amide bonds. The first kappa shape index (κ1) is 13.0. The zero-order valence-corrected chi connectivity index (χ0v) is 10.3. The van der Waals surface area contributed by atoms with Crippen molar-refractivity contribution in [3.8, 4) is 0 Å². The third kappa shape index (κ3) is 2.95. The summed E-state index contributed by atoms with van der Waals surface area (Å²) < 4.78 is 13.6. The smallest absolute Gasteiger partial charge is 0.129 e. The quantitative estimate of drug-likeness (QED) is 0.833. The van der Waals surface area contributed by atoms with Crippen molar-refractivity contribution in [2.45, 2.75) is 39.8 Å². The molecule has 0 spiro atoms. The minimum absolute atomic E-state index is 0.207. The number of rotatable bonds is 5. The number of anilines is 1. The number of nitrogens with zero attached hydrogens (tertiary/aromatic N) is 1. The summed E-state index contributed by atoms with van der Waals surface area (Å²) in [5.41, 5.74) is 6.95. The summed E-state index contributed by atoms with van der Waals surface area (Å²) >= 11 is 0. The lowest BCUT2D eigenvalue weighted by molar-refractivity contribution is 0.605. The fourth-order valence-electron chi connectivity index (χ4n) is 1.81. The van der Waals surface area contributed by atoms with Gasteiger partial charge in [-0.05, 0) is 32.4 Å². The van der Waals surface area contributed by atoms with E-state index in [1.165, 1.54) is 0 Å². The van der Waals surface area contributed by atoms with Gasteiger partial charge in [0.25, 0.3) is 0 Å². The van der Waals surface area contributed by atoms with Crippen LogP contribution in [0.15, 0.2) is 18.2 Å². The van der Waals surface area contributed by atoms with Crippen molar-refractivity contribution in [1.29, 1.82) is 0 Å². The molecule has 0 bridgehead atoms. The van der Waals surface area contributed by atoms with Gasteiger partial charge in [0.2, 0.25) is 0 Å². The van der Waals surface area contributed by atoms with E-state index in [9.17, 15) is 4.39 Å². The molecule has 1 aromatic carbocycles. The van der Waals surface area contributed by atoms with Crippen molar-refractivity contribution < 1.29 is 4.39 Å². The Hall–Kier alpha value is -1.09. The molecule has 2 nitrogen and oxygen atoms in total. The van der Waals surface area contributed by atoms with Crippen LogP contribution < -0.4 is 10.6 Å². The maximum Gasteiger partial charge on any atom is 0.129 e. The molecule has 0 aliphatic carbocycles. The van der Waals surface area contributed by atoms with Gasteiger partial charge in [-0.25, -0.2) is 4.39 Å². The van der Waals surface area contributed by atoms with E-state index in [-0.39, 0.29) is 12.4 Å². The predicted molar refractivity (Wildman–Crippen MR) is 67.1 cm³/mol. The van der Waals surface area contributed by atoms with Crippen molar-refractivity contribution >= 4 is 5.69 Å². The molecule has 1 rings (SSSR count). The summed E-state index contributed by atoms with van der Waals surface area (Å²) in [6, 6.07) is 5.68. The summed E-state index contributed by atoms with van der Waals surface area (Å²) in [5, 5.41) is 0. The average molecular weight is 224 g/mol. The fourth-order valence-corrected chi connectivity index (χ4v) is 1.81. The summed E-state index contributed by atoms with van der Waals surface area (Å²) in [5.74, 6) is -0.207.